The minimum Gasteiger partial charge on any atom is -0.226 e. The van der Waals surface area contributed by atoms with Gasteiger partial charge in [-0.05, 0) is 36.2 Å². The number of aryl methyl sites for hydroxylation is 1. The Bertz CT molecular complexity index is 465. The molecule has 2 rings (SSSR count). The monoisotopic (exact) mass is 256 g/mol. The smallest absolute Gasteiger partial charge is 0.222 e. The van der Waals surface area contributed by atoms with Crippen LogP contribution < -0.4 is 0 Å². The van der Waals surface area contributed by atoms with Crippen LogP contribution in [0.2, 0.25) is 5.28 Å². The quantitative estimate of drug-likeness (QED) is 0.676. The lowest BCUT2D eigenvalue weighted by molar-refractivity contribution is 1.21. The summed E-state index contributed by atoms with van der Waals surface area (Å²) in [5.74, 6) is 0. The van der Waals surface area contributed by atoms with E-state index in [-0.39, 0.29) is 5.28 Å². The summed E-state index contributed by atoms with van der Waals surface area (Å²) in [5, 5.41) is 1.32. The molecule has 0 amide bonds. The van der Waals surface area contributed by atoms with Crippen LogP contribution >= 0.6 is 27.5 Å². The summed E-state index contributed by atoms with van der Waals surface area (Å²) < 4.78 is 1.01. The molecule has 0 radical (unpaired) electrons. The Balaban J connectivity index is 2.86. The Kier molecular flexibility index (Phi) is 2.22. The van der Waals surface area contributed by atoms with Crippen molar-refractivity contribution >= 4 is 38.4 Å². The SMILES string of the molecule is Cc1cc(Br)cc2nc(Cl)ncc12. The third-order valence-electron chi connectivity index (χ3n) is 1.84. The van der Waals surface area contributed by atoms with Crippen LogP contribution in [0, 0.1) is 6.92 Å². The average molecular weight is 258 g/mol. The van der Waals surface area contributed by atoms with Gasteiger partial charge in [0.05, 0.1) is 5.52 Å². The molecule has 0 aliphatic heterocycles. The predicted molar refractivity (Wildman–Crippen MR) is 57.0 cm³/mol. The first-order valence-corrected chi connectivity index (χ1v) is 4.92. The highest BCUT2D eigenvalue weighted by molar-refractivity contribution is 9.10. The van der Waals surface area contributed by atoms with Crippen molar-refractivity contribution in [2.75, 3.05) is 0 Å². The molecule has 4 heteroatoms. The van der Waals surface area contributed by atoms with E-state index < -0.39 is 0 Å². The van der Waals surface area contributed by atoms with Crippen molar-refractivity contribution in [3.8, 4) is 0 Å². The van der Waals surface area contributed by atoms with E-state index in [1.54, 1.807) is 6.20 Å². The summed E-state index contributed by atoms with van der Waals surface area (Å²) in [6, 6.07) is 3.95. The molecule has 1 heterocycles. The highest BCUT2D eigenvalue weighted by Crippen LogP contribution is 2.22. The topological polar surface area (TPSA) is 25.8 Å². The summed E-state index contributed by atoms with van der Waals surface area (Å²) in [4.78, 5) is 8.06. The highest BCUT2D eigenvalue weighted by Gasteiger charge is 2.01. The van der Waals surface area contributed by atoms with Gasteiger partial charge in [0.25, 0.3) is 0 Å². The van der Waals surface area contributed by atoms with E-state index in [0.29, 0.717) is 0 Å². The van der Waals surface area contributed by atoms with Gasteiger partial charge < -0.3 is 0 Å². The van der Waals surface area contributed by atoms with Crippen LogP contribution in [0.3, 0.4) is 0 Å². The summed E-state index contributed by atoms with van der Waals surface area (Å²) >= 11 is 9.09. The normalized spacial score (nSPS) is 10.7. The molecule has 0 unspecified atom stereocenters. The Morgan fingerprint density at radius 1 is 1.38 bits per heavy atom. The van der Waals surface area contributed by atoms with Gasteiger partial charge in [-0.2, -0.15) is 0 Å². The summed E-state index contributed by atoms with van der Waals surface area (Å²) in [5.41, 5.74) is 2.01. The van der Waals surface area contributed by atoms with Crippen molar-refractivity contribution in [2.24, 2.45) is 0 Å². The highest BCUT2D eigenvalue weighted by atomic mass is 79.9. The maximum atomic E-state index is 5.69. The third kappa shape index (κ3) is 1.67. The lowest BCUT2D eigenvalue weighted by Crippen LogP contribution is -1.86. The Morgan fingerprint density at radius 2 is 2.15 bits per heavy atom. The number of hydrogen-bond donors (Lipinski definition) is 0. The van der Waals surface area contributed by atoms with Gasteiger partial charge in [0, 0.05) is 16.1 Å². The summed E-state index contributed by atoms with van der Waals surface area (Å²) in [6.45, 7) is 2.02. The number of halogens is 2. The van der Waals surface area contributed by atoms with Gasteiger partial charge in [-0.15, -0.1) is 0 Å². The van der Waals surface area contributed by atoms with Crippen LogP contribution in [-0.4, -0.2) is 9.97 Å². The van der Waals surface area contributed by atoms with Gasteiger partial charge >= 0.3 is 0 Å². The molecule has 0 bridgehead atoms. The molecular weight excluding hydrogens is 251 g/mol. The minimum absolute atomic E-state index is 0.282. The zero-order chi connectivity index (χ0) is 9.42. The second-order valence-corrected chi connectivity index (χ2v) is 4.05. The molecule has 0 aliphatic rings. The average Bonchev–Trinajstić information content (AvgIpc) is 2.02. The summed E-state index contributed by atoms with van der Waals surface area (Å²) in [7, 11) is 0. The Labute approximate surface area is 89.1 Å². The molecule has 1 aromatic carbocycles. The molecule has 1 aromatic heterocycles. The van der Waals surface area contributed by atoms with Gasteiger partial charge in [0.2, 0.25) is 5.28 Å². The maximum Gasteiger partial charge on any atom is 0.222 e. The first-order chi connectivity index (χ1) is 6.16. The fraction of sp³-hybridized carbons (Fsp3) is 0.111. The van der Waals surface area contributed by atoms with Crippen molar-refractivity contribution < 1.29 is 0 Å². The van der Waals surface area contributed by atoms with E-state index >= 15 is 0 Å². The molecule has 13 heavy (non-hydrogen) atoms. The molecular formula is C9H6BrClN2. The van der Waals surface area contributed by atoms with Crippen molar-refractivity contribution in [1.29, 1.82) is 0 Å². The standard InChI is InChI=1S/C9H6BrClN2/c1-5-2-6(10)3-8-7(5)4-12-9(11)13-8/h2-4H,1H3. The lowest BCUT2D eigenvalue weighted by atomic mass is 10.1. The van der Waals surface area contributed by atoms with Crippen LogP contribution in [0.1, 0.15) is 5.56 Å². The van der Waals surface area contributed by atoms with Crippen molar-refractivity contribution in [3.05, 3.63) is 33.6 Å². The zero-order valence-electron chi connectivity index (χ0n) is 6.88. The van der Waals surface area contributed by atoms with Crippen LogP contribution in [0.4, 0.5) is 0 Å². The fourth-order valence-corrected chi connectivity index (χ4v) is 1.94. The van der Waals surface area contributed by atoms with Crippen molar-refractivity contribution in [2.45, 2.75) is 6.92 Å². The van der Waals surface area contributed by atoms with Crippen LogP contribution in [0.25, 0.3) is 10.9 Å². The Hall–Kier alpha value is -0.670. The van der Waals surface area contributed by atoms with Gasteiger partial charge in [0.15, 0.2) is 0 Å². The van der Waals surface area contributed by atoms with E-state index in [4.69, 9.17) is 11.6 Å². The number of hydrogen-bond acceptors (Lipinski definition) is 2. The van der Waals surface area contributed by atoms with E-state index in [1.807, 2.05) is 19.1 Å². The first-order valence-electron chi connectivity index (χ1n) is 3.75. The minimum atomic E-state index is 0.282. The molecule has 0 aliphatic carbocycles. The Morgan fingerprint density at radius 3 is 2.92 bits per heavy atom. The van der Waals surface area contributed by atoms with Crippen molar-refractivity contribution in [3.63, 3.8) is 0 Å². The summed E-state index contributed by atoms with van der Waals surface area (Å²) in [6.07, 6.45) is 1.74. The maximum absolute atomic E-state index is 5.69. The van der Waals surface area contributed by atoms with Gasteiger partial charge in [-0.3, -0.25) is 0 Å². The van der Waals surface area contributed by atoms with Crippen LogP contribution in [-0.2, 0) is 0 Å². The molecule has 2 aromatic rings. The second-order valence-electron chi connectivity index (χ2n) is 2.79. The molecule has 0 N–H and O–H groups in total. The fourth-order valence-electron chi connectivity index (χ4n) is 1.24. The van der Waals surface area contributed by atoms with E-state index in [2.05, 4.69) is 25.9 Å². The second kappa shape index (κ2) is 3.24. The molecule has 0 saturated carbocycles. The lowest BCUT2D eigenvalue weighted by Gasteiger charge is -2.01. The molecule has 2 nitrogen and oxygen atoms in total. The van der Waals surface area contributed by atoms with Crippen LogP contribution in [0.5, 0.6) is 0 Å². The molecule has 0 atom stereocenters. The van der Waals surface area contributed by atoms with Gasteiger partial charge in [0.1, 0.15) is 0 Å². The first kappa shape index (κ1) is 8.91. The number of rotatable bonds is 0. The number of nitrogens with zero attached hydrogens (tertiary/aromatic N) is 2. The number of benzene rings is 1. The van der Waals surface area contributed by atoms with E-state index in [0.717, 1.165) is 20.9 Å². The third-order valence-corrected chi connectivity index (χ3v) is 2.48. The predicted octanol–water partition coefficient (Wildman–Crippen LogP) is 3.35. The van der Waals surface area contributed by atoms with Gasteiger partial charge in [-0.1, -0.05) is 15.9 Å². The molecule has 0 saturated heterocycles. The number of aromatic nitrogens is 2. The number of fused-ring (bicyclic) bond motifs is 1. The molecule has 0 fully saturated rings. The van der Waals surface area contributed by atoms with E-state index in [1.165, 1.54) is 0 Å². The molecule has 0 spiro atoms. The van der Waals surface area contributed by atoms with Crippen LogP contribution in [0.15, 0.2) is 22.8 Å². The van der Waals surface area contributed by atoms with Gasteiger partial charge in [-0.25, -0.2) is 9.97 Å². The zero-order valence-corrected chi connectivity index (χ0v) is 9.22. The van der Waals surface area contributed by atoms with Crippen molar-refractivity contribution in [1.82, 2.24) is 9.97 Å². The molecule has 66 valence electrons. The largest absolute Gasteiger partial charge is 0.226 e. The van der Waals surface area contributed by atoms with E-state index in [9.17, 15) is 0 Å².